The standard InChI is InChI=1S/C12H14ClNO3/c1-8-4-10(2-3-11(8)13)17-7-12(15)14-9-5-16-6-9/h2-4,9H,5-7H2,1H3,(H,14,15). The van der Waals surface area contributed by atoms with E-state index in [1.54, 1.807) is 12.1 Å². The molecule has 0 aromatic heterocycles. The molecule has 2 rings (SSSR count). The largest absolute Gasteiger partial charge is 0.484 e. The third kappa shape index (κ3) is 3.35. The maximum Gasteiger partial charge on any atom is 0.258 e. The summed E-state index contributed by atoms with van der Waals surface area (Å²) in [5.41, 5.74) is 0.928. The van der Waals surface area contributed by atoms with Crippen LogP contribution in [0.15, 0.2) is 18.2 Å². The van der Waals surface area contributed by atoms with Crippen molar-refractivity contribution in [2.75, 3.05) is 19.8 Å². The van der Waals surface area contributed by atoms with Gasteiger partial charge in [0.2, 0.25) is 0 Å². The summed E-state index contributed by atoms with van der Waals surface area (Å²) < 4.78 is 10.3. The summed E-state index contributed by atoms with van der Waals surface area (Å²) in [4.78, 5) is 11.5. The van der Waals surface area contributed by atoms with Crippen LogP contribution in [0.3, 0.4) is 0 Å². The highest BCUT2D eigenvalue weighted by Gasteiger charge is 2.20. The highest BCUT2D eigenvalue weighted by Crippen LogP contribution is 2.20. The molecule has 1 saturated heterocycles. The number of nitrogens with one attached hydrogen (secondary N) is 1. The normalized spacial score (nSPS) is 15.2. The van der Waals surface area contributed by atoms with Crippen LogP contribution in [0.4, 0.5) is 0 Å². The van der Waals surface area contributed by atoms with Crippen molar-refractivity contribution < 1.29 is 14.3 Å². The monoisotopic (exact) mass is 255 g/mol. The van der Waals surface area contributed by atoms with Gasteiger partial charge in [-0.15, -0.1) is 0 Å². The van der Waals surface area contributed by atoms with Crippen LogP contribution in [0.5, 0.6) is 5.75 Å². The van der Waals surface area contributed by atoms with Crippen LogP contribution in [-0.4, -0.2) is 31.8 Å². The van der Waals surface area contributed by atoms with Gasteiger partial charge in [0.1, 0.15) is 5.75 Å². The van der Waals surface area contributed by atoms with Crippen molar-refractivity contribution in [3.8, 4) is 5.75 Å². The fraction of sp³-hybridized carbons (Fsp3) is 0.417. The minimum atomic E-state index is -0.133. The van der Waals surface area contributed by atoms with Crippen LogP contribution in [0.2, 0.25) is 5.02 Å². The number of ether oxygens (including phenoxy) is 2. The number of halogens is 1. The van der Waals surface area contributed by atoms with E-state index in [9.17, 15) is 4.79 Å². The lowest BCUT2D eigenvalue weighted by Gasteiger charge is -2.26. The molecule has 17 heavy (non-hydrogen) atoms. The van der Waals surface area contributed by atoms with Gasteiger partial charge in [0.25, 0.3) is 5.91 Å². The van der Waals surface area contributed by atoms with Crippen LogP contribution in [-0.2, 0) is 9.53 Å². The average molecular weight is 256 g/mol. The Morgan fingerprint density at radius 3 is 2.94 bits per heavy atom. The Bertz CT molecular complexity index is 418. The van der Waals surface area contributed by atoms with E-state index in [1.165, 1.54) is 0 Å². The van der Waals surface area contributed by atoms with Crippen LogP contribution in [0.25, 0.3) is 0 Å². The van der Waals surface area contributed by atoms with Gasteiger partial charge in [-0.05, 0) is 30.7 Å². The lowest BCUT2D eigenvalue weighted by atomic mass is 10.2. The van der Waals surface area contributed by atoms with Gasteiger partial charge in [-0.25, -0.2) is 0 Å². The molecular formula is C12H14ClNO3. The van der Waals surface area contributed by atoms with E-state index >= 15 is 0 Å². The molecule has 0 unspecified atom stereocenters. The molecule has 0 atom stereocenters. The van der Waals surface area contributed by atoms with E-state index < -0.39 is 0 Å². The zero-order valence-electron chi connectivity index (χ0n) is 9.53. The molecule has 0 radical (unpaired) electrons. The number of carbonyl (C=O) groups is 1. The summed E-state index contributed by atoms with van der Waals surface area (Å²) in [6, 6.07) is 5.44. The Hall–Kier alpha value is -1.26. The second-order valence-electron chi connectivity index (χ2n) is 4.00. The molecular weight excluding hydrogens is 242 g/mol. The summed E-state index contributed by atoms with van der Waals surface area (Å²) in [5, 5.41) is 3.49. The van der Waals surface area contributed by atoms with Gasteiger partial charge in [0.05, 0.1) is 19.3 Å². The van der Waals surface area contributed by atoms with Crippen molar-refractivity contribution in [1.82, 2.24) is 5.32 Å². The Morgan fingerprint density at radius 1 is 1.59 bits per heavy atom. The van der Waals surface area contributed by atoms with E-state index in [0.717, 1.165) is 5.56 Å². The molecule has 1 aromatic carbocycles. The van der Waals surface area contributed by atoms with Gasteiger partial charge in [-0.2, -0.15) is 0 Å². The van der Waals surface area contributed by atoms with E-state index in [1.807, 2.05) is 13.0 Å². The molecule has 1 fully saturated rings. The maximum atomic E-state index is 11.5. The van der Waals surface area contributed by atoms with Crippen LogP contribution in [0, 0.1) is 6.92 Å². The zero-order valence-corrected chi connectivity index (χ0v) is 10.3. The number of rotatable bonds is 4. The SMILES string of the molecule is Cc1cc(OCC(=O)NC2COC2)ccc1Cl. The summed E-state index contributed by atoms with van der Waals surface area (Å²) >= 11 is 5.89. The minimum absolute atomic E-state index is 0.0115. The Balaban J connectivity index is 1.80. The fourth-order valence-corrected chi connectivity index (χ4v) is 1.56. The third-order valence-corrected chi connectivity index (χ3v) is 2.93. The molecule has 0 bridgehead atoms. The van der Waals surface area contributed by atoms with Crippen LogP contribution in [0.1, 0.15) is 5.56 Å². The van der Waals surface area contributed by atoms with Crippen molar-refractivity contribution in [1.29, 1.82) is 0 Å². The molecule has 1 amide bonds. The number of benzene rings is 1. The minimum Gasteiger partial charge on any atom is -0.484 e. The summed E-state index contributed by atoms with van der Waals surface area (Å²) in [5.74, 6) is 0.512. The van der Waals surface area contributed by atoms with Gasteiger partial charge in [-0.3, -0.25) is 4.79 Å². The molecule has 92 valence electrons. The summed E-state index contributed by atoms with van der Waals surface area (Å²) in [6.07, 6.45) is 0. The number of hydrogen-bond donors (Lipinski definition) is 1. The van der Waals surface area contributed by atoms with Crippen LogP contribution >= 0.6 is 11.6 Å². The molecule has 1 aliphatic rings. The maximum absolute atomic E-state index is 11.5. The molecule has 1 N–H and O–H groups in total. The van der Waals surface area contributed by atoms with Crippen molar-refractivity contribution in [3.05, 3.63) is 28.8 Å². The Kier molecular flexibility index (Phi) is 3.86. The first-order valence-electron chi connectivity index (χ1n) is 5.41. The number of aryl methyl sites for hydroxylation is 1. The van der Waals surface area contributed by atoms with Gasteiger partial charge < -0.3 is 14.8 Å². The first kappa shape index (κ1) is 12.2. The number of carbonyl (C=O) groups excluding carboxylic acids is 1. The smallest absolute Gasteiger partial charge is 0.258 e. The molecule has 0 spiro atoms. The third-order valence-electron chi connectivity index (χ3n) is 2.50. The highest BCUT2D eigenvalue weighted by molar-refractivity contribution is 6.31. The van der Waals surface area contributed by atoms with Gasteiger partial charge in [-0.1, -0.05) is 11.6 Å². The van der Waals surface area contributed by atoms with E-state index in [4.69, 9.17) is 21.1 Å². The highest BCUT2D eigenvalue weighted by atomic mass is 35.5. The first-order valence-corrected chi connectivity index (χ1v) is 5.79. The quantitative estimate of drug-likeness (QED) is 0.888. The van der Waals surface area contributed by atoms with Crippen molar-refractivity contribution in [2.45, 2.75) is 13.0 Å². The van der Waals surface area contributed by atoms with Crippen molar-refractivity contribution >= 4 is 17.5 Å². The van der Waals surface area contributed by atoms with E-state index in [2.05, 4.69) is 5.32 Å². The molecule has 1 aliphatic heterocycles. The summed E-state index contributed by atoms with van der Waals surface area (Å²) in [7, 11) is 0. The predicted octanol–water partition coefficient (Wildman–Crippen LogP) is 1.54. The lowest BCUT2D eigenvalue weighted by molar-refractivity contribution is -0.127. The second kappa shape index (κ2) is 5.38. The number of amides is 1. The molecule has 0 aliphatic carbocycles. The second-order valence-corrected chi connectivity index (χ2v) is 4.41. The Labute approximate surface area is 105 Å². The zero-order chi connectivity index (χ0) is 12.3. The summed E-state index contributed by atoms with van der Waals surface area (Å²) in [6.45, 7) is 3.08. The molecule has 1 heterocycles. The predicted molar refractivity (Wildman–Crippen MR) is 64.4 cm³/mol. The van der Waals surface area contributed by atoms with Gasteiger partial charge >= 0.3 is 0 Å². The lowest BCUT2D eigenvalue weighted by Crippen LogP contribution is -2.49. The average Bonchev–Trinajstić information content (AvgIpc) is 2.25. The molecule has 1 aromatic rings. The number of hydrogen-bond acceptors (Lipinski definition) is 3. The van der Waals surface area contributed by atoms with E-state index in [0.29, 0.717) is 24.0 Å². The van der Waals surface area contributed by atoms with Gasteiger partial charge in [0.15, 0.2) is 6.61 Å². The van der Waals surface area contributed by atoms with Crippen LogP contribution < -0.4 is 10.1 Å². The first-order chi connectivity index (χ1) is 8.15. The van der Waals surface area contributed by atoms with E-state index in [-0.39, 0.29) is 18.6 Å². The van der Waals surface area contributed by atoms with Crippen molar-refractivity contribution in [2.24, 2.45) is 0 Å². The molecule has 5 heteroatoms. The molecule has 4 nitrogen and oxygen atoms in total. The van der Waals surface area contributed by atoms with Crippen molar-refractivity contribution in [3.63, 3.8) is 0 Å². The molecule has 0 saturated carbocycles. The fourth-order valence-electron chi connectivity index (χ4n) is 1.44. The van der Waals surface area contributed by atoms with Gasteiger partial charge in [0, 0.05) is 5.02 Å². The Morgan fingerprint density at radius 2 is 2.35 bits per heavy atom. The topological polar surface area (TPSA) is 47.6 Å².